The summed E-state index contributed by atoms with van der Waals surface area (Å²) >= 11 is 0. The van der Waals surface area contributed by atoms with Crippen LogP contribution in [0.3, 0.4) is 0 Å². The lowest BCUT2D eigenvalue weighted by Gasteiger charge is -2.27. The highest BCUT2D eigenvalue weighted by Crippen LogP contribution is 2.35. The highest BCUT2D eigenvalue weighted by molar-refractivity contribution is 6.00. The Kier molecular flexibility index (Phi) is 5.34. The third-order valence-corrected chi connectivity index (χ3v) is 4.76. The Balaban J connectivity index is 0.00000182. The molecule has 1 aromatic carbocycles. The minimum atomic E-state index is -0.293. The monoisotopic (exact) mass is 367 g/mol. The topological polar surface area (TPSA) is 79.9 Å². The molecule has 136 valence electrons. The fourth-order valence-electron chi connectivity index (χ4n) is 3.21. The molecule has 0 bridgehead atoms. The fraction of sp³-hybridized carbons (Fsp3) is 0.529. The Labute approximate surface area is 152 Å². The summed E-state index contributed by atoms with van der Waals surface area (Å²) < 4.78 is 11.1. The van der Waals surface area contributed by atoms with E-state index in [1.807, 2.05) is 18.2 Å². The van der Waals surface area contributed by atoms with E-state index >= 15 is 0 Å². The van der Waals surface area contributed by atoms with Gasteiger partial charge in [0.2, 0.25) is 11.8 Å². The van der Waals surface area contributed by atoms with E-state index < -0.39 is 0 Å². The highest BCUT2D eigenvalue weighted by Gasteiger charge is 2.35. The van der Waals surface area contributed by atoms with Gasteiger partial charge in [0.15, 0.2) is 11.5 Å². The van der Waals surface area contributed by atoms with E-state index in [4.69, 9.17) is 9.47 Å². The molecule has 1 aromatic rings. The first-order chi connectivity index (χ1) is 11.7. The molecule has 1 atom stereocenters. The van der Waals surface area contributed by atoms with Crippen molar-refractivity contribution in [3.05, 3.63) is 18.2 Å². The van der Waals surface area contributed by atoms with Crippen LogP contribution >= 0.6 is 12.4 Å². The van der Waals surface area contributed by atoms with E-state index in [0.717, 1.165) is 18.8 Å². The zero-order valence-corrected chi connectivity index (χ0v) is 14.6. The Bertz CT molecular complexity index is 665. The van der Waals surface area contributed by atoms with Gasteiger partial charge in [0.1, 0.15) is 13.2 Å². The molecule has 2 N–H and O–H groups in total. The van der Waals surface area contributed by atoms with Gasteiger partial charge >= 0.3 is 0 Å². The molecule has 1 unspecified atom stereocenters. The molecule has 0 radical (unpaired) electrons. The summed E-state index contributed by atoms with van der Waals surface area (Å²) in [6, 6.07) is 5.46. The van der Waals surface area contributed by atoms with Gasteiger partial charge < -0.3 is 25.0 Å². The number of hydrogen-bond donors (Lipinski definition) is 2. The van der Waals surface area contributed by atoms with Crippen LogP contribution in [0.1, 0.15) is 6.42 Å². The summed E-state index contributed by atoms with van der Waals surface area (Å²) in [5.41, 5.74) is 0.753. The first-order valence-electron chi connectivity index (χ1n) is 8.39. The van der Waals surface area contributed by atoms with Crippen LogP contribution in [0, 0.1) is 11.8 Å². The van der Waals surface area contributed by atoms with Crippen LogP contribution in [0.5, 0.6) is 11.5 Å². The Hall–Kier alpha value is -1.99. The molecule has 0 saturated carbocycles. The van der Waals surface area contributed by atoms with Crippen LogP contribution in [-0.2, 0) is 9.59 Å². The number of amides is 2. The number of benzene rings is 1. The van der Waals surface area contributed by atoms with E-state index in [-0.39, 0.29) is 36.6 Å². The summed E-state index contributed by atoms with van der Waals surface area (Å²) in [5, 5.41) is 6.15. The van der Waals surface area contributed by atoms with Gasteiger partial charge in [0.05, 0.1) is 5.92 Å². The van der Waals surface area contributed by atoms with Crippen LogP contribution in [0.25, 0.3) is 0 Å². The minimum Gasteiger partial charge on any atom is -0.486 e. The molecule has 3 aliphatic rings. The van der Waals surface area contributed by atoms with E-state index in [2.05, 4.69) is 10.6 Å². The number of carbonyl (C=O) groups is 2. The molecule has 2 amide bonds. The maximum atomic E-state index is 12.3. The first kappa shape index (κ1) is 17.8. The van der Waals surface area contributed by atoms with Crippen LogP contribution in [0.15, 0.2) is 18.2 Å². The second kappa shape index (κ2) is 7.49. The molecule has 8 heteroatoms. The molecule has 2 fully saturated rings. The average Bonchev–Trinajstić information content (AvgIpc) is 2.95. The molecular formula is C17H22ClN3O4. The normalized spacial score (nSPS) is 22.2. The Morgan fingerprint density at radius 2 is 2.00 bits per heavy atom. The van der Waals surface area contributed by atoms with Gasteiger partial charge in [-0.15, -0.1) is 12.4 Å². The van der Waals surface area contributed by atoms with Gasteiger partial charge in [-0.3, -0.25) is 9.59 Å². The van der Waals surface area contributed by atoms with Gasteiger partial charge in [-0.05, 0) is 12.1 Å². The van der Waals surface area contributed by atoms with Crippen molar-refractivity contribution in [3.63, 3.8) is 0 Å². The number of halogens is 1. The second-order valence-electron chi connectivity index (χ2n) is 6.50. The SMILES string of the molecule is Cl.O=C(NCC1CNC1)C1CC(=O)N(c2ccc3c(c2)OCCO3)C1. The number of ether oxygens (including phenoxy) is 2. The lowest BCUT2D eigenvalue weighted by atomic mass is 10.0. The summed E-state index contributed by atoms with van der Waals surface area (Å²) in [6.45, 7) is 4.04. The predicted molar refractivity (Wildman–Crippen MR) is 94.5 cm³/mol. The van der Waals surface area contributed by atoms with Crippen molar-refractivity contribution >= 4 is 29.9 Å². The number of carbonyl (C=O) groups excluding carboxylic acids is 2. The number of rotatable bonds is 4. The maximum Gasteiger partial charge on any atom is 0.227 e. The van der Waals surface area contributed by atoms with Crippen LogP contribution < -0.4 is 25.0 Å². The third kappa shape index (κ3) is 3.67. The number of nitrogens with one attached hydrogen (secondary N) is 2. The lowest BCUT2D eigenvalue weighted by Crippen LogP contribution is -2.49. The summed E-state index contributed by atoms with van der Waals surface area (Å²) in [7, 11) is 0. The van der Waals surface area contributed by atoms with Gasteiger partial charge in [0.25, 0.3) is 0 Å². The number of anilines is 1. The molecule has 7 nitrogen and oxygen atoms in total. The molecule has 0 spiro atoms. The molecule has 0 aliphatic carbocycles. The van der Waals surface area contributed by atoms with E-state index in [9.17, 15) is 9.59 Å². The number of hydrogen-bond acceptors (Lipinski definition) is 5. The maximum absolute atomic E-state index is 12.3. The van der Waals surface area contributed by atoms with E-state index in [1.165, 1.54) is 0 Å². The fourth-order valence-corrected chi connectivity index (χ4v) is 3.21. The van der Waals surface area contributed by atoms with Crippen molar-refractivity contribution in [1.29, 1.82) is 0 Å². The zero-order chi connectivity index (χ0) is 16.5. The van der Waals surface area contributed by atoms with Crippen molar-refractivity contribution in [1.82, 2.24) is 10.6 Å². The first-order valence-corrected chi connectivity index (χ1v) is 8.39. The van der Waals surface area contributed by atoms with Crippen molar-refractivity contribution in [3.8, 4) is 11.5 Å². The average molecular weight is 368 g/mol. The number of nitrogens with zero attached hydrogens (tertiary/aromatic N) is 1. The van der Waals surface area contributed by atoms with Crippen molar-refractivity contribution < 1.29 is 19.1 Å². The van der Waals surface area contributed by atoms with E-state index in [1.54, 1.807) is 4.90 Å². The summed E-state index contributed by atoms with van der Waals surface area (Å²) in [5.74, 6) is 1.50. The lowest BCUT2D eigenvalue weighted by molar-refractivity contribution is -0.126. The van der Waals surface area contributed by atoms with Crippen molar-refractivity contribution in [2.45, 2.75) is 6.42 Å². The quantitative estimate of drug-likeness (QED) is 0.813. The standard InChI is InChI=1S/C17H21N3O4.ClH/c21-16-5-12(17(22)19-9-11-7-18-8-11)10-20(16)13-1-2-14-15(6-13)24-4-3-23-14;/h1-2,6,11-12,18H,3-5,7-10H2,(H,19,22);1H. The number of fused-ring (bicyclic) bond motifs is 1. The smallest absolute Gasteiger partial charge is 0.227 e. The van der Waals surface area contributed by atoms with Crippen LogP contribution in [-0.4, -0.2) is 51.2 Å². The zero-order valence-electron chi connectivity index (χ0n) is 13.8. The molecule has 0 aromatic heterocycles. The van der Waals surface area contributed by atoms with Gasteiger partial charge in [0, 0.05) is 50.3 Å². The molecular weight excluding hydrogens is 346 g/mol. The predicted octanol–water partition coefficient (Wildman–Crippen LogP) is 0.568. The van der Waals surface area contributed by atoms with Crippen molar-refractivity contribution in [2.75, 3.05) is 44.3 Å². The minimum absolute atomic E-state index is 0. The molecule has 4 rings (SSSR count). The van der Waals surface area contributed by atoms with Gasteiger partial charge in [-0.2, -0.15) is 0 Å². The Morgan fingerprint density at radius 3 is 2.72 bits per heavy atom. The van der Waals surface area contributed by atoms with Gasteiger partial charge in [-0.25, -0.2) is 0 Å². The van der Waals surface area contributed by atoms with Crippen LogP contribution in [0.2, 0.25) is 0 Å². The van der Waals surface area contributed by atoms with Gasteiger partial charge in [-0.1, -0.05) is 0 Å². The molecule has 25 heavy (non-hydrogen) atoms. The third-order valence-electron chi connectivity index (χ3n) is 4.76. The van der Waals surface area contributed by atoms with Crippen molar-refractivity contribution in [2.24, 2.45) is 11.8 Å². The Morgan fingerprint density at radius 1 is 1.24 bits per heavy atom. The summed E-state index contributed by atoms with van der Waals surface area (Å²) in [6.07, 6.45) is 0.253. The highest BCUT2D eigenvalue weighted by atomic mass is 35.5. The van der Waals surface area contributed by atoms with E-state index in [0.29, 0.717) is 43.7 Å². The largest absolute Gasteiger partial charge is 0.486 e. The molecule has 3 aliphatic heterocycles. The second-order valence-corrected chi connectivity index (χ2v) is 6.50. The molecule has 2 saturated heterocycles. The van der Waals surface area contributed by atoms with Crippen LogP contribution in [0.4, 0.5) is 5.69 Å². The summed E-state index contributed by atoms with van der Waals surface area (Å²) in [4.78, 5) is 26.3. The molecule has 3 heterocycles.